The van der Waals surface area contributed by atoms with Gasteiger partial charge < -0.3 is 9.88 Å². The number of hydrogen-bond acceptors (Lipinski definition) is 2. The highest BCUT2D eigenvalue weighted by Gasteiger charge is 2.05. The van der Waals surface area contributed by atoms with E-state index in [-0.39, 0.29) is 11.6 Å². The van der Waals surface area contributed by atoms with Crippen molar-refractivity contribution in [2.24, 2.45) is 7.05 Å². The summed E-state index contributed by atoms with van der Waals surface area (Å²) in [6, 6.07) is 12.0. The molecule has 4 heteroatoms. The lowest BCUT2D eigenvalue weighted by Crippen LogP contribution is -2.16. The highest BCUT2D eigenvalue weighted by atomic mass is 127. The second-order valence-corrected chi connectivity index (χ2v) is 5.53. The molecule has 0 fully saturated rings. The van der Waals surface area contributed by atoms with Crippen molar-refractivity contribution in [1.29, 1.82) is 0 Å². The van der Waals surface area contributed by atoms with Gasteiger partial charge in [0.05, 0.1) is 5.69 Å². The van der Waals surface area contributed by atoms with Crippen molar-refractivity contribution in [3.8, 4) is 0 Å². The number of hydrogen-bond donors (Lipinski definition) is 1. The minimum absolute atomic E-state index is 0.00229. The fourth-order valence-electron chi connectivity index (χ4n) is 1.76. The minimum Gasteiger partial charge on any atom is -0.377 e. The molecule has 1 aromatic carbocycles. The Balaban J connectivity index is 2.15. The standard InChI is InChI=1S/C14H15IN2O/c1-10(11-3-5-12(15)6-4-11)16-13-7-8-14(18)17(2)9-13/h3-10,16H,1-2H3. The highest BCUT2D eigenvalue weighted by molar-refractivity contribution is 14.1. The van der Waals surface area contributed by atoms with Crippen LogP contribution in [0, 0.1) is 3.57 Å². The zero-order valence-corrected chi connectivity index (χ0v) is 12.5. The van der Waals surface area contributed by atoms with E-state index in [1.807, 2.05) is 12.3 Å². The van der Waals surface area contributed by atoms with E-state index in [2.05, 4.69) is 59.1 Å². The molecule has 1 aromatic heterocycles. The Hall–Kier alpha value is -1.30. The molecule has 0 aliphatic carbocycles. The molecule has 2 aromatic rings. The van der Waals surface area contributed by atoms with Crippen molar-refractivity contribution in [3.05, 3.63) is 62.1 Å². The molecule has 0 aliphatic rings. The van der Waals surface area contributed by atoms with Gasteiger partial charge in [0.1, 0.15) is 0 Å². The summed E-state index contributed by atoms with van der Waals surface area (Å²) in [5, 5.41) is 3.38. The average molecular weight is 354 g/mol. The molecule has 2 rings (SSSR count). The van der Waals surface area contributed by atoms with Gasteiger partial charge in [-0.05, 0) is 53.3 Å². The summed E-state index contributed by atoms with van der Waals surface area (Å²) >= 11 is 2.29. The number of pyridine rings is 1. The van der Waals surface area contributed by atoms with E-state index in [1.165, 1.54) is 9.13 Å². The molecular formula is C14H15IN2O. The fourth-order valence-corrected chi connectivity index (χ4v) is 2.12. The normalized spacial score (nSPS) is 12.2. The SMILES string of the molecule is CC(Nc1ccc(=O)n(C)c1)c1ccc(I)cc1. The van der Waals surface area contributed by atoms with E-state index in [0.29, 0.717) is 0 Å². The molecule has 0 saturated heterocycles. The molecule has 0 amide bonds. The van der Waals surface area contributed by atoms with Crippen LogP contribution in [-0.2, 0) is 7.05 Å². The van der Waals surface area contributed by atoms with Crippen LogP contribution in [0.2, 0.25) is 0 Å². The predicted octanol–water partition coefficient (Wildman–Crippen LogP) is 3.16. The van der Waals surface area contributed by atoms with Crippen LogP contribution in [0.1, 0.15) is 18.5 Å². The van der Waals surface area contributed by atoms with E-state index in [9.17, 15) is 4.79 Å². The van der Waals surface area contributed by atoms with E-state index in [0.717, 1.165) is 5.69 Å². The molecule has 1 heterocycles. The monoisotopic (exact) mass is 354 g/mol. The number of benzene rings is 1. The zero-order valence-electron chi connectivity index (χ0n) is 10.4. The molecule has 18 heavy (non-hydrogen) atoms. The van der Waals surface area contributed by atoms with Gasteiger partial charge in [-0.1, -0.05) is 12.1 Å². The summed E-state index contributed by atoms with van der Waals surface area (Å²) in [6.07, 6.45) is 1.81. The van der Waals surface area contributed by atoms with Gasteiger partial charge in [-0.25, -0.2) is 0 Å². The van der Waals surface area contributed by atoms with Crippen LogP contribution in [0.15, 0.2) is 47.4 Å². The Bertz CT molecular complexity index is 589. The lowest BCUT2D eigenvalue weighted by atomic mass is 10.1. The van der Waals surface area contributed by atoms with Gasteiger partial charge in [-0.3, -0.25) is 4.79 Å². The first-order valence-electron chi connectivity index (χ1n) is 5.75. The summed E-state index contributed by atoms with van der Waals surface area (Å²) in [4.78, 5) is 11.3. The molecule has 0 radical (unpaired) electrons. The van der Waals surface area contributed by atoms with Crippen LogP contribution < -0.4 is 10.9 Å². The van der Waals surface area contributed by atoms with Gasteiger partial charge in [0, 0.05) is 28.9 Å². The molecule has 1 atom stereocenters. The van der Waals surface area contributed by atoms with E-state index in [1.54, 1.807) is 17.7 Å². The second-order valence-electron chi connectivity index (χ2n) is 4.28. The van der Waals surface area contributed by atoms with Crippen molar-refractivity contribution >= 4 is 28.3 Å². The van der Waals surface area contributed by atoms with Crippen LogP contribution in [0.4, 0.5) is 5.69 Å². The Morgan fingerprint density at radius 1 is 1.17 bits per heavy atom. The lowest BCUT2D eigenvalue weighted by molar-refractivity contribution is 0.840. The first-order valence-corrected chi connectivity index (χ1v) is 6.83. The van der Waals surface area contributed by atoms with Crippen LogP contribution >= 0.6 is 22.6 Å². The van der Waals surface area contributed by atoms with Gasteiger partial charge in [0.15, 0.2) is 0 Å². The maximum Gasteiger partial charge on any atom is 0.250 e. The lowest BCUT2D eigenvalue weighted by Gasteiger charge is -2.16. The summed E-state index contributed by atoms with van der Waals surface area (Å²) < 4.78 is 2.80. The van der Waals surface area contributed by atoms with Gasteiger partial charge in [-0.2, -0.15) is 0 Å². The number of nitrogens with one attached hydrogen (secondary N) is 1. The van der Waals surface area contributed by atoms with Crippen LogP contribution in [-0.4, -0.2) is 4.57 Å². The fraction of sp³-hybridized carbons (Fsp3) is 0.214. The van der Waals surface area contributed by atoms with Crippen molar-refractivity contribution in [1.82, 2.24) is 4.57 Å². The Morgan fingerprint density at radius 3 is 2.44 bits per heavy atom. The Kier molecular flexibility index (Phi) is 4.06. The molecule has 94 valence electrons. The maximum atomic E-state index is 11.3. The minimum atomic E-state index is 0.00229. The molecule has 0 aliphatic heterocycles. The first-order chi connectivity index (χ1) is 8.56. The van der Waals surface area contributed by atoms with Gasteiger partial charge in [0.25, 0.3) is 0 Å². The maximum absolute atomic E-state index is 11.3. The number of aromatic nitrogens is 1. The summed E-state index contributed by atoms with van der Waals surface area (Å²) in [5.41, 5.74) is 2.18. The topological polar surface area (TPSA) is 34.0 Å². The van der Waals surface area contributed by atoms with Crippen LogP contribution in [0.3, 0.4) is 0 Å². The third-order valence-electron chi connectivity index (χ3n) is 2.84. The Morgan fingerprint density at radius 2 is 1.83 bits per heavy atom. The smallest absolute Gasteiger partial charge is 0.250 e. The highest BCUT2D eigenvalue weighted by Crippen LogP contribution is 2.19. The third-order valence-corrected chi connectivity index (χ3v) is 3.56. The van der Waals surface area contributed by atoms with Gasteiger partial charge in [0.2, 0.25) is 5.56 Å². The van der Waals surface area contributed by atoms with E-state index in [4.69, 9.17) is 0 Å². The molecule has 3 nitrogen and oxygen atoms in total. The van der Waals surface area contributed by atoms with Gasteiger partial charge in [-0.15, -0.1) is 0 Å². The van der Waals surface area contributed by atoms with Crippen LogP contribution in [0.25, 0.3) is 0 Å². The number of halogens is 1. The van der Waals surface area contributed by atoms with Crippen molar-refractivity contribution in [3.63, 3.8) is 0 Å². The number of aryl methyl sites for hydroxylation is 1. The van der Waals surface area contributed by atoms with Crippen molar-refractivity contribution in [2.45, 2.75) is 13.0 Å². The molecule has 0 bridgehead atoms. The molecule has 1 N–H and O–H groups in total. The van der Waals surface area contributed by atoms with Crippen LogP contribution in [0.5, 0.6) is 0 Å². The predicted molar refractivity (Wildman–Crippen MR) is 82.9 cm³/mol. The summed E-state index contributed by atoms with van der Waals surface area (Å²) in [6.45, 7) is 2.10. The molecule has 0 spiro atoms. The van der Waals surface area contributed by atoms with E-state index < -0.39 is 0 Å². The molecular weight excluding hydrogens is 339 g/mol. The molecule has 0 saturated carbocycles. The molecule has 1 unspecified atom stereocenters. The van der Waals surface area contributed by atoms with Crippen molar-refractivity contribution < 1.29 is 0 Å². The number of rotatable bonds is 3. The summed E-state index contributed by atoms with van der Waals surface area (Å²) in [5.74, 6) is 0. The zero-order chi connectivity index (χ0) is 13.1. The first kappa shape index (κ1) is 13.1. The summed E-state index contributed by atoms with van der Waals surface area (Å²) in [7, 11) is 1.75. The number of anilines is 1. The van der Waals surface area contributed by atoms with Crippen molar-refractivity contribution in [2.75, 3.05) is 5.32 Å². The quantitative estimate of drug-likeness (QED) is 0.860. The van der Waals surface area contributed by atoms with E-state index >= 15 is 0 Å². The average Bonchev–Trinajstić information content (AvgIpc) is 2.34. The Labute approximate surface area is 120 Å². The second kappa shape index (κ2) is 5.56. The number of nitrogens with zero attached hydrogens (tertiary/aromatic N) is 1. The van der Waals surface area contributed by atoms with Gasteiger partial charge >= 0.3 is 0 Å². The largest absolute Gasteiger partial charge is 0.377 e. The third kappa shape index (κ3) is 3.13.